The molecule has 1 aromatic rings. The Morgan fingerprint density at radius 1 is 1.29 bits per heavy atom. The van der Waals surface area contributed by atoms with Crippen LogP contribution < -0.4 is 10.2 Å². The standard InChI is InChI=1S/C16H24F2N2O/c1-16(2)4-6-20(11-16)15-13(17)8-12(9-14(15)18)10-19-5-7-21-3/h8-9,19H,4-7,10-11H2,1-3H3. The number of nitrogens with one attached hydrogen (secondary N) is 1. The van der Waals surface area contributed by atoms with Crippen molar-refractivity contribution < 1.29 is 13.5 Å². The summed E-state index contributed by atoms with van der Waals surface area (Å²) in [4.78, 5) is 1.81. The third-order valence-corrected chi connectivity index (χ3v) is 3.88. The van der Waals surface area contributed by atoms with Crippen molar-refractivity contribution in [2.45, 2.75) is 26.8 Å². The van der Waals surface area contributed by atoms with Crippen LogP contribution >= 0.6 is 0 Å². The molecule has 1 aromatic carbocycles. The van der Waals surface area contributed by atoms with E-state index >= 15 is 0 Å². The molecule has 2 rings (SSSR count). The van der Waals surface area contributed by atoms with Crippen LogP contribution in [0.4, 0.5) is 14.5 Å². The van der Waals surface area contributed by atoms with Crippen LogP contribution in [0.2, 0.25) is 0 Å². The van der Waals surface area contributed by atoms with Gasteiger partial charge in [0.1, 0.15) is 17.3 Å². The fourth-order valence-corrected chi connectivity index (χ4v) is 2.73. The summed E-state index contributed by atoms with van der Waals surface area (Å²) in [6.45, 7) is 7.29. The average molecular weight is 298 g/mol. The molecule has 0 aromatic heterocycles. The van der Waals surface area contributed by atoms with Crippen LogP contribution in [-0.4, -0.2) is 33.4 Å². The van der Waals surface area contributed by atoms with Crippen molar-refractivity contribution in [3.63, 3.8) is 0 Å². The molecule has 1 aliphatic heterocycles. The van der Waals surface area contributed by atoms with Crippen molar-refractivity contribution in [1.82, 2.24) is 5.32 Å². The summed E-state index contributed by atoms with van der Waals surface area (Å²) >= 11 is 0. The molecule has 1 N–H and O–H groups in total. The quantitative estimate of drug-likeness (QED) is 0.817. The topological polar surface area (TPSA) is 24.5 Å². The highest BCUT2D eigenvalue weighted by Crippen LogP contribution is 2.35. The van der Waals surface area contributed by atoms with E-state index in [2.05, 4.69) is 19.2 Å². The molecule has 1 aliphatic rings. The Hall–Kier alpha value is -1.20. The molecule has 3 nitrogen and oxygen atoms in total. The van der Waals surface area contributed by atoms with E-state index in [0.29, 0.717) is 38.3 Å². The van der Waals surface area contributed by atoms with E-state index in [9.17, 15) is 8.78 Å². The van der Waals surface area contributed by atoms with Gasteiger partial charge in [0.15, 0.2) is 0 Å². The fourth-order valence-electron chi connectivity index (χ4n) is 2.73. The largest absolute Gasteiger partial charge is 0.383 e. The average Bonchev–Trinajstić information content (AvgIpc) is 2.74. The van der Waals surface area contributed by atoms with Gasteiger partial charge in [-0.25, -0.2) is 8.78 Å². The van der Waals surface area contributed by atoms with Crippen LogP contribution in [0.1, 0.15) is 25.8 Å². The third kappa shape index (κ3) is 4.14. The van der Waals surface area contributed by atoms with Crippen molar-refractivity contribution in [3.05, 3.63) is 29.3 Å². The summed E-state index contributed by atoms with van der Waals surface area (Å²) in [5.74, 6) is -0.951. The molecule has 0 bridgehead atoms. The first-order valence-corrected chi connectivity index (χ1v) is 7.35. The van der Waals surface area contributed by atoms with Gasteiger partial charge in [-0.1, -0.05) is 13.8 Å². The van der Waals surface area contributed by atoms with Gasteiger partial charge in [-0.3, -0.25) is 0 Å². The number of halogens is 2. The Morgan fingerprint density at radius 3 is 2.48 bits per heavy atom. The van der Waals surface area contributed by atoms with Crippen molar-refractivity contribution in [2.24, 2.45) is 5.41 Å². The number of hydrogen-bond acceptors (Lipinski definition) is 3. The van der Waals surface area contributed by atoms with Crippen LogP contribution in [0, 0.1) is 17.0 Å². The van der Waals surface area contributed by atoms with Gasteiger partial charge in [-0.2, -0.15) is 0 Å². The molecular formula is C16H24F2N2O. The summed E-state index contributed by atoms with van der Waals surface area (Å²) in [6, 6.07) is 2.84. The molecule has 0 atom stereocenters. The Kier molecular flexibility index (Phi) is 5.17. The third-order valence-electron chi connectivity index (χ3n) is 3.88. The summed E-state index contributed by atoms with van der Waals surface area (Å²) in [5, 5.41) is 3.09. The van der Waals surface area contributed by atoms with E-state index < -0.39 is 11.6 Å². The predicted molar refractivity (Wildman–Crippen MR) is 80.6 cm³/mol. The number of rotatable bonds is 6. The van der Waals surface area contributed by atoms with Crippen LogP contribution in [-0.2, 0) is 11.3 Å². The molecule has 1 saturated heterocycles. The molecule has 0 unspecified atom stereocenters. The maximum Gasteiger partial charge on any atom is 0.149 e. The maximum absolute atomic E-state index is 14.3. The maximum atomic E-state index is 14.3. The van der Waals surface area contributed by atoms with Crippen molar-refractivity contribution in [1.29, 1.82) is 0 Å². The van der Waals surface area contributed by atoms with Crippen LogP contribution in [0.5, 0.6) is 0 Å². The lowest BCUT2D eigenvalue weighted by molar-refractivity contribution is 0.199. The Balaban J connectivity index is 2.07. The molecule has 21 heavy (non-hydrogen) atoms. The van der Waals surface area contributed by atoms with E-state index in [0.717, 1.165) is 6.42 Å². The van der Waals surface area contributed by atoms with Gasteiger partial charge in [0.2, 0.25) is 0 Å². The smallest absolute Gasteiger partial charge is 0.149 e. The second-order valence-corrected chi connectivity index (χ2v) is 6.41. The summed E-state index contributed by atoms with van der Waals surface area (Å²) in [6.07, 6.45) is 0.951. The fraction of sp³-hybridized carbons (Fsp3) is 0.625. The zero-order valence-corrected chi connectivity index (χ0v) is 13.0. The van der Waals surface area contributed by atoms with Crippen molar-refractivity contribution in [3.8, 4) is 0 Å². The zero-order chi connectivity index (χ0) is 15.5. The van der Waals surface area contributed by atoms with Crippen LogP contribution in [0.15, 0.2) is 12.1 Å². The van der Waals surface area contributed by atoms with E-state index in [-0.39, 0.29) is 11.1 Å². The van der Waals surface area contributed by atoms with Crippen molar-refractivity contribution in [2.75, 3.05) is 38.3 Å². The lowest BCUT2D eigenvalue weighted by atomic mass is 9.93. The van der Waals surface area contributed by atoms with Gasteiger partial charge < -0.3 is 15.0 Å². The van der Waals surface area contributed by atoms with Crippen LogP contribution in [0.3, 0.4) is 0 Å². The number of benzene rings is 1. The second kappa shape index (κ2) is 6.71. The first-order valence-electron chi connectivity index (χ1n) is 7.35. The SMILES string of the molecule is COCCNCc1cc(F)c(N2CCC(C)(C)C2)c(F)c1. The monoisotopic (exact) mass is 298 g/mol. The molecule has 1 fully saturated rings. The molecule has 0 aliphatic carbocycles. The highest BCUT2D eigenvalue weighted by molar-refractivity contribution is 5.52. The summed E-state index contributed by atoms with van der Waals surface area (Å²) < 4.78 is 33.4. The summed E-state index contributed by atoms with van der Waals surface area (Å²) in [5.41, 5.74) is 0.837. The number of nitrogens with zero attached hydrogens (tertiary/aromatic N) is 1. The molecule has 1 heterocycles. The Bertz CT molecular complexity index is 468. The van der Waals surface area contributed by atoms with Gasteiger partial charge in [-0.15, -0.1) is 0 Å². The van der Waals surface area contributed by atoms with E-state index in [1.807, 2.05) is 4.90 Å². The minimum Gasteiger partial charge on any atom is -0.383 e. The molecule has 5 heteroatoms. The first kappa shape index (κ1) is 16.2. The molecule has 0 amide bonds. The number of hydrogen-bond donors (Lipinski definition) is 1. The minimum atomic E-state index is -0.476. The highest BCUT2D eigenvalue weighted by Gasteiger charge is 2.32. The minimum absolute atomic E-state index is 0.110. The summed E-state index contributed by atoms with van der Waals surface area (Å²) in [7, 11) is 1.62. The first-order chi connectivity index (χ1) is 9.93. The normalized spacial score (nSPS) is 17.5. The van der Waals surface area contributed by atoms with Gasteiger partial charge in [0.05, 0.1) is 6.61 Å². The zero-order valence-electron chi connectivity index (χ0n) is 13.0. The lowest BCUT2D eigenvalue weighted by Crippen LogP contribution is -2.25. The van der Waals surface area contributed by atoms with Gasteiger partial charge in [0, 0.05) is 33.3 Å². The van der Waals surface area contributed by atoms with E-state index in [1.54, 1.807) is 7.11 Å². The van der Waals surface area contributed by atoms with E-state index in [1.165, 1.54) is 12.1 Å². The lowest BCUT2D eigenvalue weighted by Gasteiger charge is -2.23. The number of methoxy groups -OCH3 is 1. The molecule has 0 saturated carbocycles. The molecule has 0 spiro atoms. The van der Waals surface area contributed by atoms with Gasteiger partial charge in [0.25, 0.3) is 0 Å². The molecular weight excluding hydrogens is 274 g/mol. The number of ether oxygens (including phenoxy) is 1. The second-order valence-electron chi connectivity index (χ2n) is 6.41. The molecule has 118 valence electrons. The van der Waals surface area contributed by atoms with E-state index in [4.69, 9.17) is 4.74 Å². The van der Waals surface area contributed by atoms with Crippen LogP contribution in [0.25, 0.3) is 0 Å². The number of anilines is 1. The Labute approximate surface area is 125 Å². The highest BCUT2D eigenvalue weighted by atomic mass is 19.1. The molecule has 0 radical (unpaired) electrons. The van der Waals surface area contributed by atoms with Gasteiger partial charge >= 0.3 is 0 Å². The Morgan fingerprint density at radius 2 is 1.95 bits per heavy atom. The van der Waals surface area contributed by atoms with Crippen molar-refractivity contribution >= 4 is 5.69 Å². The van der Waals surface area contributed by atoms with Gasteiger partial charge in [-0.05, 0) is 29.5 Å². The predicted octanol–water partition coefficient (Wildman–Crippen LogP) is 2.94.